The predicted octanol–water partition coefficient (Wildman–Crippen LogP) is 4.27. The molecule has 0 aliphatic carbocycles. The lowest BCUT2D eigenvalue weighted by Gasteiger charge is -2.07. The summed E-state index contributed by atoms with van der Waals surface area (Å²) in [7, 11) is 0. The third kappa shape index (κ3) is 2.05. The van der Waals surface area contributed by atoms with Gasteiger partial charge in [-0.05, 0) is 42.6 Å². The van der Waals surface area contributed by atoms with Crippen LogP contribution >= 0.6 is 11.6 Å². The molecular weight excluding hydrogens is 246 g/mol. The lowest BCUT2D eigenvalue weighted by molar-refractivity contribution is 1.20. The number of rotatable bonds is 2. The number of benzene rings is 1. The summed E-state index contributed by atoms with van der Waals surface area (Å²) < 4.78 is 0. The van der Waals surface area contributed by atoms with Crippen molar-refractivity contribution in [1.82, 2.24) is 9.97 Å². The summed E-state index contributed by atoms with van der Waals surface area (Å²) in [6, 6.07) is 11.9. The second-order valence-corrected chi connectivity index (χ2v) is 4.58. The molecule has 0 fully saturated rings. The number of hydrogen-bond donors (Lipinski definition) is 2. The van der Waals surface area contributed by atoms with Crippen LogP contribution in [0.1, 0.15) is 5.69 Å². The van der Waals surface area contributed by atoms with Gasteiger partial charge in [0.25, 0.3) is 0 Å². The topological polar surface area (TPSA) is 40.7 Å². The smallest absolute Gasteiger partial charge is 0.130 e. The fourth-order valence-electron chi connectivity index (χ4n) is 1.89. The van der Waals surface area contributed by atoms with Gasteiger partial charge in [-0.1, -0.05) is 17.7 Å². The van der Waals surface area contributed by atoms with Crippen LogP contribution in [-0.4, -0.2) is 9.97 Å². The molecule has 4 heteroatoms. The van der Waals surface area contributed by atoms with Crippen molar-refractivity contribution in [3.8, 4) is 0 Å². The van der Waals surface area contributed by atoms with Crippen LogP contribution in [0.3, 0.4) is 0 Å². The largest absolute Gasteiger partial charge is 0.361 e. The number of nitrogens with zero attached hydrogens (tertiary/aromatic N) is 1. The fourth-order valence-corrected chi connectivity index (χ4v) is 1.99. The van der Waals surface area contributed by atoms with Gasteiger partial charge < -0.3 is 10.3 Å². The Bertz CT molecular complexity index is 703. The Balaban J connectivity index is 1.92. The van der Waals surface area contributed by atoms with E-state index in [1.807, 2.05) is 37.4 Å². The van der Waals surface area contributed by atoms with E-state index in [4.69, 9.17) is 11.6 Å². The van der Waals surface area contributed by atoms with Crippen LogP contribution in [-0.2, 0) is 0 Å². The lowest BCUT2D eigenvalue weighted by atomic mass is 10.2. The van der Waals surface area contributed by atoms with E-state index in [1.165, 1.54) is 5.39 Å². The van der Waals surface area contributed by atoms with Crippen molar-refractivity contribution < 1.29 is 0 Å². The summed E-state index contributed by atoms with van der Waals surface area (Å²) in [5.41, 5.74) is 2.92. The van der Waals surface area contributed by atoms with Crippen molar-refractivity contribution in [3.63, 3.8) is 0 Å². The Kier molecular flexibility index (Phi) is 2.68. The first-order chi connectivity index (χ1) is 8.72. The van der Waals surface area contributed by atoms with Gasteiger partial charge >= 0.3 is 0 Å². The van der Waals surface area contributed by atoms with E-state index < -0.39 is 0 Å². The molecule has 0 saturated carbocycles. The molecule has 0 spiro atoms. The van der Waals surface area contributed by atoms with E-state index in [9.17, 15) is 0 Å². The number of pyridine rings is 1. The summed E-state index contributed by atoms with van der Waals surface area (Å²) in [5.74, 6) is 0.794. The summed E-state index contributed by atoms with van der Waals surface area (Å²) >= 11 is 5.95. The zero-order chi connectivity index (χ0) is 12.5. The Morgan fingerprint density at radius 2 is 2.06 bits per heavy atom. The molecule has 2 heterocycles. The van der Waals surface area contributed by atoms with Gasteiger partial charge in [-0.15, -0.1) is 0 Å². The third-order valence-corrected chi connectivity index (χ3v) is 3.25. The van der Waals surface area contributed by atoms with Crippen LogP contribution in [0.5, 0.6) is 0 Å². The maximum atomic E-state index is 5.95. The van der Waals surface area contributed by atoms with E-state index in [2.05, 4.69) is 27.4 Å². The number of aromatic amines is 1. The van der Waals surface area contributed by atoms with E-state index >= 15 is 0 Å². The van der Waals surface area contributed by atoms with Crippen molar-refractivity contribution in [3.05, 3.63) is 53.3 Å². The molecule has 0 unspecified atom stereocenters. The average Bonchev–Trinajstić information content (AvgIpc) is 2.81. The number of H-pyrrole nitrogens is 1. The molecular formula is C14H12ClN3. The number of aryl methyl sites for hydroxylation is 1. The molecule has 2 N–H and O–H groups in total. The summed E-state index contributed by atoms with van der Waals surface area (Å²) in [6.45, 7) is 1.89. The Morgan fingerprint density at radius 1 is 1.17 bits per heavy atom. The minimum atomic E-state index is 0.681. The quantitative estimate of drug-likeness (QED) is 0.720. The van der Waals surface area contributed by atoms with Gasteiger partial charge in [0, 0.05) is 17.4 Å². The molecule has 0 saturated heterocycles. The predicted molar refractivity (Wildman–Crippen MR) is 75.6 cm³/mol. The van der Waals surface area contributed by atoms with Gasteiger partial charge in [0.1, 0.15) is 5.82 Å². The summed E-state index contributed by atoms with van der Waals surface area (Å²) in [5, 5.41) is 5.14. The number of anilines is 2. The van der Waals surface area contributed by atoms with E-state index in [0.717, 1.165) is 22.7 Å². The van der Waals surface area contributed by atoms with E-state index in [-0.39, 0.29) is 0 Å². The van der Waals surface area contributed by atoms with Crippen LogP contribution in [0, 0.1) is 6.92 Å². The lowest BCUT2D eigenvalue weighted by Crippen LogP contribution is -1.95. The maximum Gasteiger partial charge on any atom is 0.130 e. The zero-order valence-corrected chi connectivity index (χ0v) is 10.6. The molecule has 3 aromatic rings. The molecule has 1 aromatic carbocycles. The SMILES string of the molecule is Cc1nc(Nc2ccc3cc[nH]c3c2)ccc1Cl. The highest BCUT2D eigenvalue weighted by atomic mass is 35.5. The van der Waals surface area contributed by atoms with Crippen molar-refractivity contribution >= 4 is 34.0 Å². The molecule has 0 bridgehead atoms. The Labute approximate surface area is 110 Å². The van der Waals surface area contributed by atoms with Crippen LogP contribution in [0.25, 0.3) is 10.9 Å². The summed E-state index contributed by atoms with van der Waals surface area (Å²) in [6.07, 6.45) is 1.93. The molecule has 0 atom stereocenters. The molecule has 2 aromatic heterocycles. The normalized spacial score (nSPS) is 10.8. The molecule has 18 heavy (non-hydrogen) atoms. The first-order valence-corrected chi connectivity index (χ1v) is 6.07. The van der Waals surface area contributed by atoms with Crippen molar-refractivity contribution in [1.29, 1.82) is 0 Å². The van der Waals surface area contributed by atoms with Crippen molar-refractivity contribution in [2.45, 2.75) is 6.92 Å². The molecule has 0 aliphatic heterocycles. The minimum absolute atomic E-state index is 0.681. The van der Waals surface area contributed by atoms with Gasteiger partial charge in [0.05, 0.1) is 10.7 Å². The minimum Gasteiger partial charge on any atom is -0.361 e. The first kappa shape index (κ1) is 11.1. The van der Waals surface area contributed by atoms with Gasteiger partial charge in [-0.3, -0.25) is 0 Å². The van der Waals surface area contributed by atoms with Gasteiger partial charge in [0.15, 0.2) is 0 Å². The fraction of sp³-hybridized carbons (Fsp3) is 0.0714. The second kappa shape index (κ2) is 4.35. The zero-order valence-electron chi connectivity index (χ0n) is 9.87. The maximum absolute atomic E-state index is 5.95. The molecule has 3 rings (SSSR count). The molecule has 0 aliphatic rings. The van der Waals surface area contributed by atoms with Gasteiger partial charge in [0.2, 0.25) is 0 Å². The highest BCUT2D eigenvalue weighted by Crippen LogP contribution is 2.22. The van der Waals surface area contributed by atoms with Crippen molar-refractivity contribution in [2.75, 3.05) is 5.32 Å². The van der Waals surface area contributed by atoms with E-state index in [0.29, 0.717) is 5.02 Å². The first-order valence-electron chi connectivity index (χ1n) is 5.70. The van der Waals surface area contributed by atoms with E-state index in [1.54, 1.807) is 0 Å². The number of nitrogens with one attached hydrogen (secondary N) is 2. The Hall–Kier alpha value is -2.00. The number of aromatic nitrogens is 2. The number of fused-ring (bicyclic) bond motifs is 1. The summed E-state index contributed by atoms with van der Waals surface area (Å²) in [4.78, 5) is 7.57. The van der Waals surface area contributed by atoms with Crippen LogP contribution in [0.2, 0.25) is 5.02 Å². The number of hydrogen-bond acceptors (Lipinski definition) is 2. The Morgan fingerprint density at radius 3 is 2.89 bits per heavy atom. The second-order valence-electron chi connectivity index (χ2n) is 4.17. The van der Waals surface area contributed by atoms with Crippen molar-refractivity contribution in [2.24, 2.45) is 0 Å². The highest BCUT2D eigenvalue weighted by molar-refractivity contribution is 6.31. The monoisotopic (exact) mass is 257 g/mol. The molecule has 3 nitrogen and oxygen atoms in total. The van der Waals surface area contributed by atoms with Gasteiger partial charge in [-0.2, -0.15) is 0 Å². The van der Waals surface area contributed by atoms with Crippen LogP contribution < -0.4 is 5.32 Å². The van der Waals surface area contributed by atoms with Gasteiger partial charge in [-0.25, -0.2) is 4.98 Å². The molecule has 0 amide bonds. The standard InChI is InChI=1S/C14H12ClN3/c1-9-12(15)4-5-14(17-9)18-11-3-2-10-6-7-16-13(10)8-11/h2-8,16H,1H3,(H,17,18). The molecule has 90 valence electrons. The average molecular weight is 258 g/mol. The molecule has 0 radical (unpaired) electrons. The number of halogens is 1. The highest BCUT2D eigenvalue weighted by Gasteiger charge is 2.01. The van der Waals surface area contributed by atoms with Crippen LogP contribution in [0.4, 0.5) is 11.5 Å². The van der Waals surface area contributed by atoms with Crippen LogP contribution in [0.15, 0.2) is 42.6 Å². The third-order valence-electron chi connectivity index (χ3n) is 2.85.